The van der Waals surface area contributed by atoms with Gasteiger partial charge in [-0.2, -0.15) is 0 Å². The van der Waals surface area contributed by atoms with Crippen molar-refractivity contribution in [3.8, 4) is 0 Å². The summed E-state index contributed by atoms with van der Waals surface area (Å²) in [5, 5.41) is 9.06. The third-order valence-corrected chi connectivity index (χ3v) is 8.46. The topological polar surface area (TPSA) is 76.7 Å². The summed E-state index contributed by atoms with van der Waals surface area (Å²) >= 11 is 0. The van der Waals surface area contributed by atoms with Crippen LogP contribution in [0.15, 0.2) is 78.9 Å². The van der Waals surface area contributed by atoms with E-state index in [2.05, 4.69) is 107 Å². The molecule has 4 rings (SSSR count). The van der Waals surface area contributed by atoms with Gasteiger partial charge in [-0.3, -0.25) is 9.69 Å². The summed E-state index contributed by atoms with van der Waals surface area (Å²) in [6.07, 6.45) is 6.00. The van der Waals surface area contributed by atoms with Crippen molar-refractivity contribution in [2.75, 3.05) is 49.5 Å². The largest absolute Gasteiger partial charge is 0.372 e. The Morgan fingerprint density at radius 2 is 1.43 bits per heavy atom. The second kappa shape index (κ2) is 17.5. The van der Waals surface area contributed by atoms with E-state index in [9.17, 15) is 9.59 Å². The third kappa shape index (κ3) is 9.33. The van der Waals surface area contributed by atoms with Gasteiger partial charge in [0.05, 0.1) is 17.3 Å². The van der Waals surface area contributed by atoms with Crippen molar-refractivity contribution >= 4 is 23.3 Å². The van der Waals surface area contributed by atoms with E-state index in [0.717, 1.165) is 70.4 Å². The fourth-order valence-electron chi connectivity index (χ4n) is 6.11. The molecule has 1 aliphatic rings. The molecule has 7 heteroatoms. The second-order valence-corrected chi connectivity index (χ2v) is 11.9. The summed E-state index contributed by atoms with van der Waals surface area (Å²) in [4.78, 5) is 31.2. The minimum Gasteiger partial charge on any atom is -0.372 e. The number of unbranched alkanes of at least 4 members (excludes halogenated alkanes) is 1. The van der Waals surface area contributed by atoms with Crippen LogP contribution >= 0.6 is 0 Å². The molecule has 7 nitrogen and oxygen atoms in total. The van der Waals surface area contributed by atoms with E-state index < -0.39 is 0 Å². The average molecular weight is 598 g/mol. The summed E-state index contributed by atoms with van der Waals surface area (Å²) < 4.78 is 0. The predicted molar refractivity (Wildman–Crippen MR) is 183 cm³/mol. The van der Waals surface area contributed by atoms with Crippen molar-refractivity contribution in [3.05, 3.63) is 95.6 Å². The van der Waals surface area contributed by atoms with Crippen LogP contribution in [0.3, 0.4) is 0 Å². The molecule has 1 aliphatic heterocycles. The number of piperidine rings is 1. The molecule has 0 bridgehead atoms. The first-order chi connectivity index (χ1) is 21.5. The smallest absolute Gasteiger partial charge is 0.319 e. The van der Waals surface area contributed by atoms with E-state index >= 15 is 0 Å². The van der Waals surface area contributed by atoms with Crippen LogP contribution in [0.25, 0.3) is 0 Å². The molecule has 0 aliphatic carbocycles. The van der Waals surface area contributed by atoms with Crippen LogP contribution in [0, 0.1) is 5.92 Å². The maximum absolute atomic E-state index is 13.7. The van der Waals surface area contributed by atoms with Crippen molar-refractivity contribution < 1.29 is 9.59 Å². The molecule has 0 saturated carbocycles. The van der Waals surface area contributed by atoms with Crippen molar-refractivity contribution in [2.24, 2.45) is 5.92 Å². The number of hydrogen-bond donors (Lipinski definition) is 3. The lowest BCUT2D eigenvalue weighted by atomic mass is 9.91. The molecule has 3 aromatic rings. The van der Waals surface area contributed by atoms with Crippen LogP contribution in [0.1, 0.15) is 86.8 Å². The molecular weight excluding hydrogens is 546 g/mol. The number of rotatable bonds is 15. The summed E-state index contributed by atoms with van der Waals surface area (Å²) in [7, 11) is 0. The molecule has 0 spiro atoms. The number of carbonyl (C=O) groups is 2. The Morgan fingerprint density at radius 1 is 0.818 bits per heavy atom. The molecule has 1 saturated heterocycles. The first-order valence-corrected chi connectivity index (χ1v) is 16.6. The van der Waals surface area contributed by atoms with Crippen molar-refractivity contribution in [3.63, 3.8) is 0 Å². The van der Waals surface area contributed by atoms with E-state index in [4.69, 9.17) is 0 Å². The fourth-order valence-corrected chi connectivity index (χ4v) is 6.11. The highest BCUT2D eigenvalue weighted by Gasteiger charge is 2.28. The molecule has 0 atom stereocenters. The number of likely N-dealkylation sites (tertiary alicyclic amines) is 1. The number of urea groups is 1. The Morgan fingerprint density at radius 3 is 2.00 bits per heavy atom. The highest BCUT2D eigenvalue weighted by Crippen LogP contribution is 2.32. The van der Waals surface area contributed by atoms with Gasteiger partial charge >= 0.3 is 6.03 Å². The van der Waals surface area contributed by atoms with Crippen molar-refractivity contribution in [1.82, 2.24) is 15.5 Å². The van der Waals surface area contributed by atoms with Gasteiger partial charge < -0.3 is 20.9 Å². The van der Waals surface area contributed by atoms with Crippen LogP contribution in [0.5, 0.6) is 0 Å². The number of hydrogen-bond acceptors (Lipinski definition) is 4. The summed E-state index contributed by atoms with van der Waals surface area (Å²) in [5.41, 5.74) is 4.68. The number of amides is 3. The third-order valence-electron chi connectivity index (χ3n) is 8.46. The summed E-state index contributed by atoms with van der Waals surface area (Å²) in [5.74, 6) is 0.258. The summed E-state index contributed by atoms with van der Waals surface area (Å²) in [6, 6.07) is 27.2. The monoisotopic (exact) mass is 597 g/mol. The van der Waals surface area contributed by atoms with Gasteiger partial charge in [-0.1, -0.05) is 87.9 Å². The van der Waals surface area contributed by atoms with E-state index in [-0.39, 0.29) is 18.0 Å². The van der Waals surface area contributed by atoms with E-state index in [0.29, 0.717) is 30.3 Å². The molecular formula is C37H51N5O2. The first kappa shape index (κ1) is 33.1. The minimum atomic E-state index is -0.280. The van der Waals surface area contributed by atoms with Crippen LogP contribution in [-0.4, -0.2) is 56.1 Å². The Labute approximate surface area is 264 Å². The standard InChI is InChI=1S/C37H51N5O2/c1-4-7-22-38-37(44)40-34-19-18-32(41(23-5-2)24-6-3)27-33(34)36(43)39-28-29-20-25-42(26-21-29)35(30-14-10-8-11-15-30)31-16-12-9-13-17-31/h8-19,27,29,35H,4-7,20-26,28H2,1-3H3,(H,39,43)(H2,38,40,44). The van der Waals surface area contributed by atoms with Gasteiger partial charge in [-0.15, -0.1) is 0 Å². The zero-order valence-electron chi connectivity index (χ0n) is 26.9. The molecule has 3 N–H and O–H groups in total. The van der Waals surface area contributed by atoms with Gasteiger partial charge in [0, 0.05) is 31.9 Å². The zero-order valence-corrected chi connectivity index (χ0v) is 26.9. The van der Waals surface area contributed by atoms with E-state index in [1.807, 2.05) is 18.2 Å². The Kier molecular flexibility index (Phi) is 13.1. The normalized spacial score (nSPS) is 13.9. The molecule has 44 heavy (non-hydrogen) atoms. The zero-order chi connectivity index (χ0) is 31.1. The number of benzene rings is 3. The second-order valence-electron chi connectivity index (χ2n) is 11.9. The van der Waals surface area contributed by atoms with E-state index in [1.54, 1.807) is 0 Å². The molecule has 0 aromatic heterocycles. The Hall–Kier alpha value is -3.84. The highest BCUT2D eigenvalue weighted by molar-refractivity contribution is 6.04. The average Bonchev–Trinajstić information content (AvgIpc) is 3.05. The number of nitrogens with one attached hydrogen (secondary N) is 3. The summed E-state index contributed by atoms with van der Waals surface area (Å²) in [6.45, 7) is 11.4. The minimum absolute atomic E-state index is 0.141. The Bertz CT molecular complexity index is 1250. The first-order valence-electron chi connectivity index (χ1n) is 16.6. The maximum Gasteiger partial charge on any atom is 0.319 e. The van der Waals surface area contributed by atoms with Crippen LogP contribution in [-0.2, 0) is 0 Å². The van der Waals surface area contributed by atoms with Crippen LogP contribution in [0.2, 0.25) is 0 Å². The molecule has 1 heterocycles. The van der Waals surface area contributed by atoms with Gasteiger partial charge in [0.1, 0.15) is 0 Å². The van der Waals surface area contributed by atoms with Crippen molar-refractivity contribution in [2.45, 2.75) is 65.3 Å². The Balaban J connectivity index is 1.42. The predicted octanol–water partition coefficient (Wildman–Crippen LogP) is 7.47. The van der Waals surface area contributed by atoms with Crippen molar-refractivity contribution in [1.29, 1.82) is 0 Å². The molecule has 0 unspecified atom stereocenters. The quantitative estimate of drug-likeness (QED) is 0.159. The molecule has 236 valence electrons. The van der Waals surface area contributed by atoms with Gasteiger partial charge in [0.2, 0.25) is 0 Å². The number of nitrogens with zero attached hydrogens (tertiary/aromatic N) is 2. The molecule has 3 amide bonds. The van der Waals surface area contributed by atoms with Crippen LogP contribution in [0.4, 0.5) is 16.2 Å². The molecule has 0 radical (unpaired) electrons. The lowest BCUT2D eigenvalue weighted by Gasteiger charge is -2.38. The van der Waals surface area contributed by atoms with E-state index in [1.165, 1.54) is 11.1 Å². The number of anilines is 2. The molecule has 1 fully saturated rings. The van der Waals surface area contributed by atoms with Gasteiger partial charge in [-0.25, -0.2) is 4.79 Å². The maximum atomic E-state index is 13.7. The van der Waals surface area contributed by atoms with Crippen LogP contribution < -0.4 is 20.9 Å². The van der Waals surface area contributed by atoms with Gasteiger partial charge in [-0.05, 0) is 80.4 Å². The van der Waals surface area contributed by atoms with Gasteiger partial charge in [0.25, 0.3) is 5.91 Å². The number of carbonyl (C=O) groups excluding carboxylic acids is 2. The van der Waals surface area contributed by atoms with Gasteiger partial charge in [0.15, 0.2) is 0 Å². The highest BCUT2D eigenvalue weighted by atomic mass is 16.2. The lowest BCUT2D eigenvalue weighted by molar-refractivity contribution is 0.0931. The SMILES string of the molecule is CCCCNC(=O)Nc1ccc(N(CCC)CCC)cc1C(=O)NCC1CCN(C(c2ccccc2)c2ccccc2)CC1. The fraction of sp³-hybridized carbons (Fsp3) is 0.459. The molecule has 3 aromatic carbocycles. The lowest BCUT2D eigenvalue weighted by Crippen LogP contribution is -2.41.